The first-order valence-electron chi connectivity index (χ1n) is 9.87. The van der Waals surface area contributed by atoms with E-state index in [4.69, 9.17) is 5.73 Å². The Morgan fingerprint density at radius 3 is 2.07 bits per heavy atom. The number of benzene rings is 4. The summed E-state index contributed by atoms with van der Waals surface area (Å²) in [6, 6.07) is 19.2. The quantitative estimate of drug-likeness (QED) is 0.388. The van der Waals surface area contributed by atoms with Gasteiger partial charge in [-0.2, -0.15) is 0 Å². The number of hydrogen-bond donors (Lipinski definition) is 2. The summed E-state index contributed by atoms with van der Waals surface area (Å²) in [5, 5.41) is 7.04. The molecule has 0 unspecified atom stereocenters. The van der Waals surface area contributed by atoms with E-state index >= 15 is 0 Å². The minimum atomic E-state index is 0.144. The fourth-order valence-electron chi connectivity index (χ4n) is 4.74. The predicted molar refractivity (Wildman–Crippen MR) is 119 cm³/mol. The molecule has 4 aromatic carbocycles. The Bertz CT molecular complexity index is 1470. The molecule has 2 aliphatic rings. The van der Waals surface area contributed by atoms with Crippen molar-refractivity contribution in [3.63, 3.8) is 0 Å². The molecule has 6 rings (SSSR count). The summed E-state index contributed by atoms with van der Waals surface area (Å²) in [6.07, 6.45) is 0.881. The minimum Gasteiger partial charge on any atom is -0.369 e. The predicted octanol–water partition coefficient (Wildman–Crippen LogP) is 4.53. The molecule has 5 nitrogen and oxygen atoms in total. The zero-order valence-corrected chi connectivity index (χ0v) is 16.0. The van der Waals surface area contributed by atoms with Gasteiger partial charge in [0.25, 0.3) is 0 Å². The number of Topliss-reactive ketones (excluding diaryl/α,β-unsaturated/α-hetero) is 2. The standard InChI is InChI=1S/C25H17N3O2/c26-25(27-19-9-7-13-11-21(29)17-5-1-3-15(19)23(13)17)28-20-10-8-14-12-22(30)18-6-2-4-16(20)24(14)18/h1-10H,11-12H2,(H3,26,27,28). The van der Waals surface area contributed by atoms with Crippen LogP contribution in [0.3, 0.4) is 0 Å². The van der Waals surface area contributed by atoms with Crippen LogP contribution >= 0.6 is 0 Å². The number of nitrogens with two attached hydrogens (primary N) is 1. The summed E-state index contributed by atoms with van der Waals surface area (Å²) in [4.78, 5) is 29.1. The molecule has 0 bridgehead atoms. The van der Waals surface area contributed by atoms with Gasteiger partial charge in [0, 0.05) is 40.4 Å². The molecule has 144 valence electrons. The molecule has 5 heteroatoms. The lowest BCUT2D eigenvalue weighted by Crippen LogP contribution is -2.22. The maximum absolute atomic E-state index is 12.2. The second-order valence-electron chi connectivity index (χ2n) is 7.79. The van der Waals surface area contributed by atoms with Crippen LogP contribution in [-0.2, 0) is 12.8 Å². The topological polar surface area (TPSA) is 84.5 Å². The van der Waals surface area contributed by atoms with Gasteiger partial charge in [-0.3, -0.25) is 9.59 Å². The number of rotatable bonds is 2. The average molecular weight is 391 g/mol. The number of ketones is 2. The molecule has 0 fully saturated rings. The van der Waals surface area contributed by atoms with E-state index in [0.717, 1.165) is 55.2 Å². The summed E-state index contributed by atoms with van der Waals surface area (Å²) >= 11 is 0. The van der Waals surface area contributed by atoms with Gasteiger partial charge in [0.15, 0.2) is 17.5 Å². The van der Waals surface area contributed by atoms with Gasteiger partial charge in [-0.25, -0.2) is 4.99 Å². The number of nitrogens with one attached hydrogen (secondary N) is 1. The Hall–Kier alpha value is -3.99. The van der Waals surface area contributed by atoms with Crippen molar-refractivity contribution in [2.45, 2.75) is 12.8 Å². The van der Waals surface area contributed by atoms with Crippen LogP contribution < -0.4 is 11.1 Å². The number of anilines is 1. The maximum Gasteiger partial charge on any atom is 0.198 e. The SMILES string of the molecule is NC(=Nc1ccc2c3c(cccc13)C(=O)C2)Nc1ccc2c3c(cccc13)C(=O)C2. The largest absolute Gasteiger partial charge is 0.369 e. The molecule has 4 aromatic rings. The first-order chi connectivity index (χ1) is 14.6. The van der Waals surface area contributed by atoms with Crippen LogP contribution in [0.15, 0.2) is 65.7 Å². The highest BCUT2D eigenvalue weighted by molar-refractivity contribution is 6.20. The number of aliphatic imine (C=N–C) groups is 1. The summed E-state index contributed by atoms with van der Waals surface area (Å²) in [6.45, 7) is 0. The summed E-state index contributed by atoms with van der Waals surface area (Å²) in [7, 11) is 0. The van der Waals surface area contributed by atoms with Crippen LogP contribution in [0, 0.1) is 0 Å². The van der Waals surface area contributed by atoms with Crippen LogP contribution in [0.25, 0.3) is 21.5 Å². The van der Waals surface area contributed by atoms with E-state index in [2.05, 4.69) is 10.3 Å². The van der Waals surface area contributed by atoms with Crippen LogP contribution in [0.2, 0.25) is 0 Å². The van der Waals surface area contributed by atoms with Gasteiger partial charge in [0.1, 0.15) is 0 Å². The summed E-state index contributed by atoms with van der Waals surface area (Å²) in [5.74, 6) is 0.548. The van der Waals surface area contributed by atoms with E-state index in [0.29, 0.717) is 12.8 Å². The molecule has 0 radical (unpaired) electrons. The van der Waals surface area contributed by atoms with Crippen LogP contribution in [0.1, 0.15) is 31.8 Å². The second-order valence-corrected chi connectivity index (χ2v) is 7.79. The Morgan fingerprint density at radius 2 is 1.37 bits per heavy atom. The van der Waals surface area contributed by atoms with Crippen LogP contribution in [0.4, 0.5) is 11.4 Å². The zero-order valence-electron chi connectivity index (χ0n) is 16.0. The first-order valence-corrected chi connectivity index (χ1v) is 9.87. The Balaban J connectivity index is 1.43. The number of guanidine groups is 1. The third-order valence-corrected chi connectivity index (χ3v) is 6.04. The van der Waals surface area contributed by atoms with Gasteiger partial charge in [-0.15, -0.1) is 0 Å². The molecule has 0 aliphatic heterocycles. The van der Waals surface area contributed by atoms with Crippen molar-refractivity contribution in [2.24, 2.45) is 10.7 Å². The first kappa shape index (κ1) is 16.9. The van der Waals surface area contributed by atoms with E-state index < -0.39 is 0 Å². The number of nitrogens with zero attached hydrogens (tertiary/aromatic N) is 1. The molecule has 3 N–H and O–H groups in total. The Morgan fingerprint density at radius 1 is 0.767 bits per heavy atom. The monoisotopic (exact) mass is 391 g/mol. The number of hydrogen-bond acceptors (Lipinski definition) is 3. The van der Waals surface area contributed by atoms with Crippen molar-refractivity contribution in [3.8, 4) is 0 Å². The lowest BCUT2D eigenvalue weighted by atomic mass is 10.0. The highest BCUT2D eigenvalue weighted by atomic mass is 16.1. The van der Waals surface area contributed by atoms with Gasteiger partial charge in [-0.1, -0.05) is 48.5 Å². The third kappa shape index (κ3) is 2.32. The van der Waals surface area contributed by atoms with Crippen LogP contribution in [0.5, 0.6) is 0 Å². The zero-order chi connectivity index (χ0) is 20.4. The molecule has 0 saturated heterocycles. The lowest BCUT2D eigenvalue weighted by molar-refractivity contribution is 0.0991. The van der Waals surface area contributed by atoms with E-state index in [-0.39, 0.29) is 17.5 Å². The number of carbonyl (C=O) groups excluding carboxylic acids is 2. The van der Waals surface area contributed by atoms with Gasteiger partial charge >= 0.3 is 0 Å². The number of carbonyl (C=O) groups is 2. The van der Waals surface area contributed by atoms with Crippen molar-refractivity contribution in [2.75, 3.05) is 5.32 Å². The molecule has 0 amide bonds. The van der Waals surface area contributed by atoms with E-state index in [1.54, 1.807) is 0 Å². The van der Waals surface area contributed by atoms with Gasteiger partial charge < -0.3 is 11.1 Å². The molecular formula is C25H17N3O2. The molecular weight excluding hydrogens is 374 g/mol. The van der Waals surface area contributed by atoms with E-state index in [1.807, 2.05) is 60.7 Å². The smallest absolute Gasteiger partial charge is 0.198 e. The third-order valence-electron chi connectivity index (χ3n) is 6.04. The molecule has 2 aliphatic carbocycles. The van der Waals surface area contributed by atoms with E-state index in [1.165, 1.54) is 0 Å². The molecule has 0 spiro atoms. The highest BCUT2D eigenvalue weighted by Crippen LogP contribution is 2.37. The molecule has 0 saturated carbocycles. The Labute approximate surface area is 172 Å². The van der Waals surface area contributed by atoms with Gasteiger partial charge in [0.05, 0.1) is 5.69 Å². The fraction of sp³-hybridized carbons (Fsp3) is 0.0800. The van der Waals surface area contributed by atoms with Crippen molar-refractivity contribution in [1.82, 2.24) is 0 Å². The molecule has 30 heavy (non-hydrogen) atoms. The normalized spacial score (nSPS) is 14.9. The second kappa shape index (κ2) is 6.00. The Kier molecular flexibility index (Phi) is 3.39. The van der Waals surface area contributed by atoms with Crippen molar-refractivity contribution >= 4 is 50.4 Å². The minimum absolute atomic E-state index is 0.144. The summed E-state index contributed by atoms with van der Waals surface area (Å²) in [5.41, 5.74) is 11.4. The molecule has 0 aromatic heterocycles. The van der Waals surface area contributed by atoms with Crippen molar-refractivity contribution < 1.29 is 9.59 Å². The van der Waals surface area contributed by atoms with Crippen molar-refractivity contribution in [1.29, 1.82) is 0 Å². The molecule has 0 atom stereocenters. The van der Waals surface area contributed by atoms with E-state index in [9.17, 15) is 9.59 Å². The van der Waals surface area contributed by atoms with Crippen molar-refractivity contribution in [3.05, 3.63) is 82.9 Å². The maximum atomic E-state index is 12.2. The molecule has 0 heterocycles. The van der Waals surface area contributed by atoms with Gasteiger partial charge in [-0.05, 0) is 34.0 Å². The fourth-order valence-corrected chi connectivity index (χ4v) is 4.74. The van der Waals surface area contributed by atoms with Crippen LogP contribution in [-0.4, -0.2) is 17.5 Å². The lowest BCUT2D eigenvalue weighted by Gasteiger charge is -2.11. The summed E-state index contributed by atoms with van der Waals surface area (Å²) < 4.78 is 0. The highest BCUT2D eigenvalue weighted by Gasteiger charge is 2.24. The van der Waals surface area contributed by atoms with Gasteiger partial charge in [0.2, 0.25) is 0 Å². The average Bonchev–Trinajstić information content (AvgIpc) is 3.25.